The predicted molar refractivity (Wildman–Crippen MR) is 110 cm³/mol. The molecule has 1 aliphatic rings. The molecule has 0 N–H and O–H groups in total. The molecular weight excluding hydrogens is 390 g/mol. The maximum atomic E-state index is 12.8. The van der Waals surface area contributed by atoms with Crippen molar-refractivity contribution < 1.29 is 14.3 Å². The number of hydrogen-bond acceptors (Lipinski definition) is 4. The Morgan fingerprint density at radius 2 is 1.69 bits per heavy atom. The van der Waals surface area contributed by atoms with Crippen LogP contribution < -0.4 is 4.74 Å². The first kappa shape index (κ1) is 20.7. The average molecular weight is 412 g/mol. The average Bonchev–Trinajstić information content (AvgIpc) is 2.99. The lowest BCUT2D eigenvalue weighted by atomic mass is 10.1. The van der Waals surface area contributed by atoms with E-state index in [0.717, 1.165) is 12.0 Å². The quantitative estimate of drug-likeness (QED) is 0.757. The van der Waals surface area contributed by atoms with E-state index < -0.39 is 0 Å². The summed E-state index contributed by atoms with van der Waals surface area (Å²) in [6.07, 6.45) is 1.01. The third kappa shape index (κ3) is 5.49. The minimum absolute atomic E-state index is 0.00450. The molecule has 0 spiro atoms. The van der Waals surface area contributed by atoms with Gasteiger partial charge in [0.15, 0.2) is 6.61 Å². The second kappa shape index (κ2) is 9.94. The minimum Gasteiger partial charge on any atom is -0.479 e. The second-order valence-electron chi connectivity index (χ2n) is 6.77. The van der Waals surface area contributed by atoms with Crippen LogP contribution in [0, 0.1) is 11.3 Å². The number of amides is 2. The number of carbonyl (C=O) groups is 2. The molecule has 2 aromatic carbocycles. The van der Waals surface area contributed by atoms with Crippen LogP contribution in [-0.2, 0) is 11.2 Å². The minimum atomic E-state index is -0.0992. The highest BCUT2D eigenvalue weighted by Gasteiger charge is 2.23. The lowest BCUT2D eigenvalue weighted by Crippen LogP contribution is -2.38. The van der Waals surface area contributed by atoms with E-state index in [-0.39, 0.29) is 24.8 Å². The summed E-state index contributed by atoms with van der Waals surface area (Å²) >= 11 is 6.15. The zero-order valence-electron chi connectivity index (χ0n) is 16.0. The number of rotatable bonds is 5. The summed E-state index contributed by atoms with van der Waals surface area (Å²) in [6.45, 7) is 2.19. The van der Waals surface area contributed by atoms with Crippen molar-refractivity contribution in [1.29, 1.82) is 5.26 Å². The number of carbonyl (C=O) groups excluding carboxylic acids is 2. The summed E-state index contributed by atoms with van der Waals surface area (Å²) < 4.78 is 5.22. The Bertz CT molecular complexity index is 908. The Labute approximate surface area is 175 Å². The van der Waals surface area contributed by atoms with E-state index in [2.05, 4.69) is 0 Å². The van der Waals surface area contributed by atoms with Gasteiger partial charge in [0.25, 0.3) is 5.91 Å². The van der Waals surface area contributed by atoms with Crippen molar-refractivity contribution in [3.63, 3.8) is 0 Å². The molecular formula is C22H22ClN3O3. The van der Waals surface area contributed by atoms with Gasteiger partial charge in [-0.15, -0.1) is 0 Å². The molecule has 1 saturated heterocycles. The van der Waals surface area contributed by atoms with Crippen LogP contribution in [0.5, 0.6) is 5.75 Å². The number of benzene rings is 2. The van der Waals surface area contributed by atoms with Gasteiger partial charge in [0.05, 0.1) is 17.0 Å². The van der Waals surface area contributed by atoms with Crippen molar-refractivity contribution in [3.05, 3.63) is 64.7 Å². The van der Waals surface area contributed by atoms with Crippen LogP contribution >= 0.6 is 11.6 Å². The number of halogens is 1. The van der Waals surface area contributed by atoms with E-state index in [4.69, 9.17) is 21.6 Å². The van der Waals surface area contributed by atoms with E-state index in [0.29, 0.717) is 42.5 Å². The molecule has 0 aromatic heterocycles. The van der Waals surface area contributed by atoms with Crippen molar-refractivity contribution in [2.45, 2.75) is 12.8 Å². The second-order valence-corrected chi connectivity index (χ2v) is 7.18. The third-order valence-corrected chi connectivity index (χ3v) is 5.15. The number of nitriles is 1. The Balaban J connectivity index is 1.56. The molecule has 3 rings (SSSR count). The van der Waals surface area contributed by atoms with E-state index in [1.54, 1.807) is 46.2 Å². The maximum absolute atomic E-state index is 12.8. The Hall–Kier alpha value is -3.04. The molecule has 7 heteroatoms. The highest BCUT2D eigenvalue weighted by Crippen LogP contribution is 2.19. The van der Waals surface area contributed by atoms with Crippen LogP contribution in [0.2, 0.25) is 5.02 Å². The Kier molecular flexibility index (Phi) is 7.09. The number of nitrogens with zero attached hydrogens (tertiary/aromatic N) is 3. The molecule has 0 unspecified atom stereocenters. The first-order chi connectivity index (χ1) is 14.1. The monoisotopic (exact) mass is 411 g/mol. The van der Waals surface area contributed by atoms with Gasteiger partial charge in [-0.25, -0.2) is 0 Å². The maximum Gasteiger partial charge on any atom is 0.255 e. The van der Waals surface area contributed by atoms with Gasteiger partial charge in [-0.1, -0.05) is 35.9 Å². The van der Waals surface area contributed by atoms with Crippen molar-refractivity contribution in [2.24, 2.45) is 0 Å². The summed E-state index contributed by atoms with van der Waals surface area (Å²) in [7, 11) is 0. The molecule has 0 aliphatic carbocycles. The molecule has 0 radical (unpaired) electrons. The van der Waals surface area contributed by atoms with E-state index in [1.807, 2.05) is 18.2 Å². The van der Waals surface area contributed by atoms with Crippen LogP contribution in [0.4, 0.5) is 0 Å². The highest BCUT2D eigenvalue weighted by atomic mass is 35.5. The van der Waals surface area contributed by atoms with Gasteiger partial charge in [0, 0.05) is 26.2 Å². The summed E-state index contributed by atoms with van der Waals surface area (Å²) in [5.41, 5.74) is 1.38. The van der Waals surface area contributed by atoms with Crippen LogP contribution in [0.1, 0.15) is 22.3 Å². The molecule has 1 heterocycles. The summed E-state index contributed by atoms with van der Waals surface area (Å²) in [6, 6.07) is 16.1. The topological polar surface area (TPSA) is 73.6 Å². The van der Waals surface area contributed by atoms with Crippen LogP contribution in [0.3, 0.4) is 0 Å². The van der Waals surface area contributed by atoms with Crippen LogP contribution in [0.15, 0.2) is 48.5 Å². The van der Waals surface area contributed by atoms with Gasteiger partial charge in [-0.05, 0) is 36.2 Å². The SMILES string of the molecule is N#CCOc1ccc(CC(=O)N2CCCN(C(=O)c3ccccc3Cl)CC2)cc1. The summed E-state index contributed by atoms with van der Waals surface area (Å²) in [5.74, 6) is 0.534. The van der Waals surface area contributed by atoms with Crippen molar-refractivity contribution in [2.75, 3.05) is 32.8 Å². The van der Waals surface area contributed by atoms with E-state index >= 15 is 0 Å². The Morgan fingerprint density at radius 1 is 1.00 bits per heavy atom. The molecule has 29 heavy (non-hydrogen) atoms. The lowest BCUT2D eigenvalue weighted by Gasteiger charge is -2.22. The fourth-order valence-corrected chi connectivity index (χ4v) is 3.50. The smallest absolute Gasteiger partial charge is 0.255 e. The molecule has 0 saturated carbocycles. The molecule has 1 aliphatic heterocycles. The van der Waals surface area contributed by atoms with Gasteiger partial charge in [-0.2, -0.15) is 5.26 Å². The van der Waals surface area contributed by atoms with Gasteiger partial charge in [0.2, 0.25) is 5.91 Å². The van der Waals surface area contributed by atoms with Gasteiger partial charge in [0.1, 0.15) is 11.8 Å². The predicted octanol–water partition coefficient (Wildman–Crippen LogP) is 3.16. The largest absolute Gasteiger partial charge is 0.479 e. The zero-order chi connectivity index (χ0) is 20.6. The molecule has 150 valence electrons. The fraction of sp³-hybridized carbons (Fsp3) is 0.318. The van der Waals surface area contributed by atoms with Crippen LogP contribution in [-0.4, -0.2) is 54.4 Å². The lowest BCUT2D eigenvalue weighted by molar-refractivity contribution is -0.130. The standard InChI is InChI=1S/C22H22ClN3O3/c23-20-5-2-1-4-19(20)22(28)26-12-3-11-25(13-14-26)21(27)16-17-6-8-18(9-7-17)29-15-10-24/h1-2,4-9H,3,11-16H2. The molecule has 2 amide bonds. The van der Waals surface area contributed by atoms with E-state index in [1.165, 1.54) is 0 Å². The van der Waals surface area contributed by atoms with Gasteiger partial charge < -0.3 is 14.5 Å². The normalized spacial score (nSPS) is 14.1. The molecule has 0 bridgehead atoms. The third-order valence-electron chi connectivity index (χ3n) is 4.82. The van der Waals surface area contributed by atoms with Crippen molar-refractivity contribution >= 4 is 23.4 Å². The van der Waals surface area contributed by atoms with Crippen molar-refractivity contribution in [3.8, 4) is 11.8 Å². The molecule has 0 atom stereocenters. The molecule has 2 aromatic rings. The summed E-state index contributed by atoms with van der Waals surface area (Å²) in [5, 5.41) is 8.98. The first-order valence-electron chi connectivity index (χ1n) is 9.49. The summed E-state index contributed by atoms with van der Waals surface area (Å²) in [4.78, 5) is 29.0. The van der Waals surface area contributed by atoms with Gasteiger partial charge >= 0.3 is 0 Å². The Morgan fingerprint density at radius 3 is 2.41 bits per heavy atom. The van der Waals surface area contributed by atoms with E-state index in [9.17, 15) is 9.59 Å². The van der Waals surface area contributed by atoms with Crippen LogP contribution in [0.25, 0.3) is 0 Å². The zero-order valence-corrected chi connectivity index (χ0v) is 16.8. The fourth-order valence-electron chi connectivity index (χ4n) is 3.28. The van der Waals surface area contributed by atoms with Crippen molar-refractivity contribution in [1.82, 2.24) is 9.80 Å². The first-order valence-corrected chi connectivity index (χ1v) is 9.86. The highest BCUT2D eigenvalue weighted by molar-refractivity contribution is 6.33. The molecule has 6 nitrogen and oxygen atoms in total. The number of ether oxygens (including phenoxy) is 1. The number of hydrogen-bond donors (Lipinski definition) is 0. The molecule has 1 fully saturated rings. The van der Waals surface area contributed by atoms with Gasteiger partial charge in [-0.3, -0.25) is 9.59 Å².